The minimum absolute atomic E-state index is 0.106. The SMILES string of the molecule is CCCC(N)CNC(=O)C(C)S(C)(=O)=O. The van der Waals surface area contributed by atoms with Crippen LogP contribution in [0, 0.1) is 0 Å². The average molecular weight is 236 g/mol. The summed E-state index contributed by atoms with van der Waals surface area (Å²) in [6, 6.07) is -0.106. The van der Waals surface area contributed by atoms with Crippen molar-refractivity contribution in [1.82, 2.24) is 5.32 Å². The third-order valence-electron chi connectivity index (χ3n) is 2.21. The predicted octanol–water partition coefficient (Wildman–Crippen LogP) is -0.337. The first-order valence-electron chi connectivity index (χ1n) is 5.01. The van der Waals surface area contributed by atoms with Gasteiger partial charge >= 0.3 is 0 Å². The Balaban J connectivity index is 4.05. The van der Waals surface area contributed by atoms with Gasteiger partial charge in [0.2, 0.25) is 5.91 Å². The fraction of sp³-hybridized carbons (Fsp3) is 0.889. The van der Waals surface area contributed by atoms with Crippen molar-refractivity contribution >= 4 is 15.7 Å². The van der Waals surface area contributed by atoms with Crippen molar-refractivity contribution in [2.75, 3.05) is 12.8 Å². The Hall–Kier alpha value is -0.620. The Morgan fingerprint density at radius 3 is 2.40 bits per heavy atom. The lowest BCUT2D eigenvalue weighted by Crippen LogP contribution is -2.43. The van der Waals surface area contributed by atoms with E-state index < -0.39 is 21.0 Å². The van der Waals surface area contributed by atoms with Gasteiger partial charge in [-0.2, -0.15) is 0 Å². The first-order valence-corrected chi connectivity index (χ1v) is 6.96. The zero-order valence-electron chi connectivity index (χ0n) is 9.49. The highest BCUT2D eigenvalue weighted by Crippen LogP contribution is 1.98. The van der Waals surface area contributed by atoms with Gasteiger partial charge in [-0.1, -0.05) is 13.3 Å². The van der Waals surface area contributed by atoms with E-state index >= 15 is 0 Å². The maximum absolute atomic E-state index is 11.4. The summed E-state index contributed by atoms with van der Waals surface area (Å²) in [5.41, 5.74) is 5.68. The number of amides is 1. The number of sulfone groups is 1. The van der Waals surface area contributed by atoms with Gasteiger partial charge in [0.05, 0.1) is 0 Å². The maximum atomic E-state index is 11.4. The second kappa shape index (κ2) is 6.07. The molecule has 0 aliphatic carbocycles. The molecule has 0 spiro atoms. The van der Waals surface area contributed by atoms with Gasteiger partial charge in [-0.15, -0.1) is 0 Å². The third kappa shape index (κ3) is 5.74. The molecule has 0 fully saturated rings. The van der Waals surface area contributed by atoms with Crippen LogP contribution < -0.4 is 11.1 Å². The quantitative estimate of drug-likeness (QED) is 0.660. The van der Waals surface area contributed by atoms with Crippen molar-refractivity contribution in [3.05, 3.63) is 0 Å². The number of rotatable bonds is 6. The summed E-state index contributed by atoms with van der Waals surface area (Å²) in [5, 5.41) is 1.52. The molecule has 0 saturated heterocycles. The summed E-state index contributed by atoms with van der Waals surface area (Å²) < 4.78 is 22.1. The topological polar surface area (TPSA) is 89.3 Å². The molecule has 0 bridgehead atoms. The molecule has 6 heteroatoms. The summed E-state index contributed by atoms with van der Waals surface area (Å²) in [4.78, 5) is 11.4. The van der Waals surface area contributed by atoms with E-state index in [9.17, 15) is 13.2 Å². The minimum Gasteiger partial charge on any atom is -0.353 e. The molecule has 0 heterocycles. The highest BCUT2D eigenvalue weighted by Gasteiger charge is 2.23. The molecule has 0 aliphatic rings. The molecule has 0 aromatic heterocycles. The van der Waals surface area contributed by atoms with Crippen LogP contribution >= 0.6 is 0 Å². The van der Waals surface area contributed by atoms with Crippen molar-refractivity contribution in [2.24, 2.45) is 5.73 Å². The second-order valence-corrected chi connectivity index (χ2v) is 6.13. The monoisotopic (exact) mass is 236 g/mol. The van der Waals surface area contributed by atoms with Crippen LogP contribution in [0.5, 0.6) is 0 Å². The van der Waals surface area contributed by atoms with E-state index in [4.69, 9.17) is 5.73 Å². The number of nitrogens with two attached hydrogens (primary N) is 1. The largest absolute Gasteiger partial charge is 0.353 e. The standard InChI is InChI=1S/C9H20N2O3S/c1-4-5-8(10)6-11-9(12)7(2)15(3,13)14/h7-8H,4-6,10H2,1-3H3,(H,11,12). The summed E-state index contributed by atoms with van der Waals surface area (Å²) >= 11 is 0. The Kier molecular flexibility index (Phi) is 5.82. The van der Waals surface area contributed by atoms with Crippen molar-refractivity contribution < 1.29 is 13.2 Å². The minimum atomic E-state index is -3.32. The van der Waals surface area contributed by atoms with E-state index in [1.165, 1.54) is 6.92 Å². The second-order valence-electron chi connectivity index (χ2n) is 3.77. The Labute approximate surface area is 91.3 Å². The summed E-state index contributed by atoms with van der Waals surface area (Å²) in [6.07, 6.45) is 2.80. The van der Waals surface area contributed by atoms with E-state index in [0.29, 0.717) is 6.54 Å². The molecule has 90 valence electrons. The van der Waals surface area contributed by atoms with Crippen LogP contribution in [-0.2, 0) is 14.6 Å². The normalized spacial score (nSPS) is 15.7. The first kappa shape index (κ1) is 14.4. The van der Waals surface area contributed by atoms with Crippen molar-refractivity contribution in [3.8, 4) is 0 Å². The molecule has 2 atom stereocenters. The number of nitrogens with one attached hydrogen (secondary N) is 1. The molecule has 0 aromatic carbocycles. The van der Waals surface area contributed by atoms with E-state index in [-0.39, 0.29) is 6.04 Å². The van der Waals surface area contributed by atoms with E-state index in [0.717, 1.165) is 19.1 Å². The molecule has 0 radical (unpaired) electrons. The van der Waals surface area contributed by atoms with Gasteiger partial charge in [0.15, 0.2) is 9.84 Å². The number of carbonyl (C=O) groups excluding carboxylic acids is 1. The van der Waals surface area contributed by atoms with Crippen LogP contribution in [0.1, 0.15) is 26.7 Å². The summed E-state index contributed by atoms with van der Waals surface area (Å²) in [7, 11) is -3.32. The van der Waals surface area contributed by atoms with Gasteiger partial charge in [-0.25, -0.2) is 8.42 Å². The molecule has 0 aromatic rings. The fourth-order valence-electron chi connectivity index (χ4n) is 1.04. The van der Waals surface area contributed by atoms with Crippen molar-refractivity contribution in [1.29, 1.82) is 0 Å². The average Bonchev–Trinajstić information content (AvgIpc) is 2.12. The smallest absolute Gasteiger partial charge is 0.238 e. The fourth-order valence-corrected chi connectivity index (χ4v) is 1.51. The summed E-state index contributed by atoms with van der Waals surface area (Å²) in [6.45, 7) is 3.70. The van der Waals surface area contributed by atoms with Crippen LogP contribution in [0.3, 0.4) is 0 Å². The molecule has 1 amide bonds. The zero-order valence-corrected chi connectivity index (χ0v) is 10.3. The zero-order chi connectivity index (χ0) is 12.1. The Morgan fingerprint density at radius 1 is 1.47 bits per heavy atom. The Morgan fingerprint density at radius 2 is 2.00 bits per heavy atom. The van der Waals surface area contributed by atoms with Gasteiger partial charge in [0.25, 0.3) is 0 Å². The first-order chi connectivity index (χ1) is 6.79. The van der Waals surface area contributed by atoms with E-state index in [1.807, 2.05) is 6.92 Å². The predicted molar refractivity (Wildman–Crippen MR) is 60.2 cm³/mol. The van der Waals surface area contributed by atoms with Crippen molar-refractivity contribution in [2.45, 2.75) is 38.0 Å². The third-order valence-corrected chi connectivity index (χ3v) is 3.71. The van der Waals surface area contributed by atoms with Crippen molar-refractivity contribution in [3.63, 3.8) is 0 Å². The highest BCUT2D eigenvalue weighted by atomic mass is 32.2. The number of hydrogen-bond donors (Lipinski definition) is 2. The molecule has 0 rings (SSSR count). The van der Waals surface area contributed by atoms with Crippen LogP contribution in [0.4, 0.5) is 0 Å². The molecule has 3 N–H and O–H groups in total. The highest BCUT2D eigenvalue weighted by molar-refractivity contribution is 7.92. The molecule has 2 unspecified atom stereocenters. The van der Waals surface area contributed by atoms with Gasteiger partial charge < -0.3 is 11.1 Å². The van der Waals surface area contributed by atoms with Gasteiger partial charge in [0.1, 0.15) is 5.25 Å². The molecule has 5 nitrogen and oxygen atoms in total. The van der Waals surface area contributed by atoms with Gasteiger partial charge in [-0.3, -0.25) is 4.79 Å². The molecule has 15 heavy (non-hydrogen) atoms. The number of carbonyl (C=O) groups is 1. The molecule has 0 aliphatic heterocycles. The number of hydrogen-bond acceptors (Lipinski definition) is 4. The lowest BCUT2D eigenvalue weighted by atomic mass is 10.2. The maximum Gasteiger partial charge on any atom is 0.238 e. The van der Waals surface area contributed by atoms with Crippen LogP contribution in [0.2, 0.25) is 0 Å². The lowest BCUT2D eigenvalue weighted by molar-refractivity contribution is -0.120. The molecule has 0 saturated carbocycles. The van der Waals surface area contributed by atoms with Crippen LogP contribution in [-0.4, -0.2) is 38.4 Å². The molecular formula is C9H20N2O3S. The van der Waals surface area contributed by atoms with Crippen LogP contribution in [0.25, 0.3) is 0 Å². The van der Waals surface area contributed by atoms with Crippen LogP contribution in [0.15, 0.2) is 0 Å². The molecular weight excluding hydrogens is 216 g/mol. The lowest BCUT2D eigenvalue weighted by Gasteiger charge is -2.14. The van der Waals surface area contributed by atoms with E-state index in [2.05, 4.69) is 5.32 Å². The van der Waals surface area contributed by atoms with Gasteiger partial charge in [0, 0.05) is 18.8 Å². The van der Waals surface area contributed by atoms with E-state index in [1.54, 1.807) is 0 Å². The summed E-state index contributed by atoms with van der Waals surface area (Å²) in [5.74, 6) is -0.482. The van der Waals surface area contributed by atoms with Gasteiger partial charge in [-0.05, 0) is 13.3 Å². The Bertz CT molecular complexity index is 300.